The predicted octanol–water partition coefficient (Wildman–Crippen LogP) is 4.21. The Hall–Kier alpha value is -0.480. The molecule has 4 heteroatoms. The first-order valence-electron chi connectivity index (χ1n) is 9.76. The van der Waals surface area contributed by atoms with Gasteiger partial charge in [0.1, 0.15) is 5.60 Å². The van der Waals surface area contributed by atoms with Crippen molar-refractivity contribution in [2.45, 2.75) is 76.1 Å². The van der Waals surface area contributed by atoms with Crippen molar-refractivity contribution < 1.29 is 14.7 Å². The molecule has 0 amide bonds. The summed E-state index contributed by atoms with van der Waals surface area (Å²) in [5, 5.41) is 11.4. The Morgan fingerprint density at radius 1 is 1.20 bits per heavy atom. The fourth-order valence-electron chi connectivity index (χ4n) is 7.16. The summed E-state index contributed by atoms with van der Waals surface area (Å²) in [6.45, 7) is 6.06. The summed E-state index contributed by atoms with van der Waals surface area (Å²) in [5.41, 5.74) is -0.0844. The summed E-state index contributed by atoms with van der Waals surface area (Å²) in [5.74, 6) is 1.69. The van der Waals surface area contributed by atoms with E-state index in [1.54, 1.807) is 6.92 Å². The number of hydrogen-bond acceptors (Lipinski definition) is 3. The number of carbonyl (C=O) groups excluding carboxylic acids is 2. The van der Waals surface area contributed by atoms with Crippen LogP contribution in [-0.4, -0.2) is 27.1 Å². The zero-order chi connectivity index (χ0) is 18.2. The Labute approximate surface area is 158 Å². The smallest absolute Gasteiger partial charge is 0.163 e. The molecule has 0 spiro atoms. The van der Waals surface area contributed by atoms with Gasteiger partial charge in [0.15, 0.2) is 11.6 Å². The maximum atomic E-state index is 12.4. The Morgan fingerprint density at radius 2 is 1.92 bits per heavy atom. The second-order valence-corrected chi connectivity index (χ2v) is 10.6. The normalized spacial score (nSPS) is 52.0. The molecule has 25 heavy (non-hydrogen) atoms. The standard InChI is InChI=1S/C21H29BrO3/c1-12(23)21(25)18(22)11-17-15-5-4-13-10-14(24)6-8-19(13,2)16(15)7-9-20(17,21)3/h10,15-18,25H,4-9,11H2,1-3H3/t15-,16+,17-,18+,19-,20-,21+/m0/s1. The third-order valence-corrected chi connectivity index (χ3v) is 9.71. The monoisotopic (exact) mass is 408 g/mol. The van der Waals surface area contributed by atoms with Crippen molar-refractivity contribution in [3.05, 3.63) is 11.6 Å². The second kappa shape index (κ2) is 5.51. The number of Topliss-reactive ketones (excluding diaryl/α,β-unsaturated/α-hetero) is 1. The van der Waals surface area contributed by atoms with Gasteiger partial charge in [-0.05, 0) is 74.7 Å². The molecule has 0 saturated heterocycles. The minimum Gasteiger partial charge on any atom is -0.380 e. The van der Waals surface area contributed by atoms with Crippen LogP contribution >= 0.6 is 15.9 Å². The SMILES string of the molecule is CC(=O)[C@@]1(O)[C@H](Br)C[C@H]2[C@H]3CCC4=CC(=O)CC[C@]4(C)[C@@H]3CC[C@@]21C. The highest BCUT2D eigenvalue weighted by atomic mass is 79.9. The average molecular weight is 409 g/mol. The molecule has 0 heterocycles. The van der Waals surface area contributed by atoms with Crippen molar-refractivity contribution in [1.29, 1.82) is 0 Å². The fourth-order valence-corrected chi connectivity index (χ4v) is 8.41. The van der Waals surface area contributed by atoms with Crippen LogP contribution in [0.25, 0.3) is 0 Å². The van der Waals surface area contributed by atoms with E-state index in [-0.39, 0.29) is 21.4 Å². The van der Waals surface area contributed by atoms with Crippen molar-refractivity contribution in [3.8, 4) is 0 Å². The molecule has 3 saturated carbocycles. The van der Waals surface area contributed by atoms with Gasteiger partial charge in [-0.25, -0.2) is 0 Å². The third kappa shape index (κ3) is 2.13. The summed E-state index contributed by atoms with van der Waals surface area (Å²) in [6.07, 6.45) is 8.49. The zero-order valence-corrected chi connectivity index (χ0v) is 17.1. The van der Waals surface area contributed by atoms with Gasteiger partial charge in [-0.15, -0.1) is 0 Å². The van der Waals surface area contributed by atoms with E-state index in [0.29, 0.717) is 30.0 Å². The Kier molecular flexibility index (Phi) is 3.95. The van der Waals surface area contributed by atoms with Gasteiger partial charge in [0.05, 0.1) is 4.83 Å². The van der Waals surface area contributed by atoms with Gasteiger partial charge >= 0.3 is 0 Å². The highest BCUT2D eigenvalue weighted by Crippen LogP contribution is 2.68. The van der Waals surface area contributed by atoms with E-state index in [9.17, 15) is 14.7 Å². The molecule has 7 atom stereocenters. The number of rotatable bonds is 1. The van der Waals surface area contributed by atoms with Crippen molar-refractivity contribution in [2.24, 2.45) is 28.6 Å². The van der Waals surface area contributed by atoms with Crippen LogP contribution < -0.4 is 0 Å². The largest absolute Gasteiger partial charge is 0.380 e. The third-order valence-electron chi connectivity index (χ3n) is 8.67. The van der Waals surface area contributed by atoms with E-state index >= 15 is 0 Å². The molecule has 4 aliphatic carbocycles. The molecular formula is C21H29BrO3. The van der Waals surface area contributed by atoms with E-state index < -0.39 is 5.60 Å². The molecule has 0 aromatic carbocycles. The second-order valence-electron chi connectivity index (χ2n) is 9.45. The lowest BCUT2D eigenvalue weighted by Crippen LogP contribution is -2.59. The van der Waals surface area contributed by atoms with E-state index in [1.165, 1.54) is 5.57 Å². The highest BCUT2D eigenvalue weighted by Gasteiger charge is 2.68. The molecule has 0 bridgehead atoms. The summed E-state index contributed by atoms with van der Waals surface area (Å²) < 4.78 is 0. The Morgan fingerprint density at radius 3 is 2.60 bits per heavy atom. The van der Waals surface area contributed by atoms with Gasteiger partial charge in [0.2, 0.25) is 0 Å². The zero-order valence-electron chi connectivity index (χ0n) is 15.5. The Bertz CT molecular complexity index is 670. The van der Waals surface area contributed by atoms with E-state index in [0.717, 1.165) is 38.5 Å². The number of aliphatic hydroxyl groups is 1. The van der Waals surface area contributed by atoms with Crippen molar-refractivity contribution in [2.75, 3.05) is 0 Å². The van der Waals surface area contributed by atoms with Gasteiger partial charge in [0.25, 0.3) is 0 Å². The van der Waals surface area contributed by atoms with Crippen LogP contribution in [0, 0.1) is 28.6 Å². The Balaban J connectivity index is 1.72. The molecule has 138 valence electrons. The van der Waals surface area contributed by atoms with Gasteiger partial charge in [-0.3, -0.25) is 9.59 Å². The van der Waals surface area contributed by atoms with Gasteiger partial charge in [-0.1, -0.05) is 35.4 Å². The fraction of sp³-hybridized carbons (Fsp3) is 0.810. The molecule has 0 aliphatic heterocycles. The maximum absolute atomic E-state index is 12.4. The molecule has 3 nitrogen and oxygen atoms in total. The summed E-state index contributed by atoms with van der Waals surface area (Å²) in [6, 6.07) is 0. The lowest BCUT2D eigenvalue weighted by Gasteiger charge is -2.58. The molecular weight excluding hydrogens is 380 g/mol. The topological polar surface area (TPSA) is 54.4 Å². The summed E-state index contributed by atoms with van der Waals surface area (Å²) >= 11 is 3.67. The van der Waals surface area contributed by atoms with Crippen LogP contribution in [0.1, 0.15) is 65.7 Å². The lowest BCUT2D eigenvalue weighted by molar-refractivity contribution is -0.159. The van der Waals surface area contributed by atoms with Crippen LogP contribution in [0.4, 0.5) is 0 Å². The van der Waals surface area contributed by atoms with Crippen molar-refractivity contribution in [3.63, 3.8) is 0 Å². The molecule has 0 unspecified atom stereocenters. The number of allylic oxidation sites excluding steroid dienone is 1. The number of fused-ring (bicyclic) bond motifs is 5. The molecule has 0 aromatic heterocycles. The lowest BCUT2D eigenvalue weighted by atomic mass is 9.46. The molecule has 3 fully saturated rings. The molecule has 4 rings (SSSR count). The van der Waals surface area contributed by atoms with E-state index in [1.807, 2.05) is 6.08 Å². The summed E-state index contributed by atoms with van der Waals surface area (Å²) in [7, 11) is 0. The minimum absolute atomic E-state index is 0.0938. The van der Waals surface area contributed by atoms with Crippen LogP contribution in [-0.2, 0) is 9.59 Å². The van der Waals surface area contributed by atoms with Gasteiger partial charge in [0, 0.05) is 11.8 Å². The molecule has 0 radical (unpaired) electrons. The highest BCUT2D eigenvalue weighted by molar-refractivity contribution is 9.09. The maximum Gasteiger partial charge on any atom is 0.163 e. The number of ketones is 2. The van der Waals surface area contributed by atoms with Gasteiger partial charge in [-0.2, -0.15) is 0 Å². The van der Waals surface area contributed by atoms with Crippen LogP contribution in [0.3, 0.4) is 0 Å². The predicted molar refractivity (Wildman–Crippen MR) is 100 cm³/mol. The number of alkyl halides is 1. The minimum atomic E-state index is -1.25. The number of hydrogen-bond donors (Lipinski definition) is 1. The molecule has 0 aromatic rings. The van der Waals surface area contributed by atoms with E-state index in [2.05, 4.69) is 29.8 Å². The van der Waals surface area contributed by atoms with Gasteiger partial charge < -0.3 is 5.11 Å². The van der Waals surface area contributed by atoms with Crippen LogP contribution in [0.2, 0.25) is 0 Å². The average Bonchev–Trinajstić information content (AvgIpc) is 2.77. The first kappa shape index (κ1) is 17.9. The number of carbonyl (C=O) groups is 2. The quantitative estimate of drug-likeness (QED) is 0.660. The van der Waals surface area contributed by atoms with Crippen molar-refractivity contribution in [1.82, 2.24) is 0 Å². The molecule has 4 aliphatic rings. The van der Waals surface area contributed by atoms with Crippen LogP contribution in [0.5, 0.6) is 0 Å². The van der Waals surface area contributed by atoms with Crippen LogP contribution in [0.15, 0.2) is 11.6 Å². The van der Waals surface area contributed by atoms with Crippen molar-refractivity contribution >= 4 is 27.5 Å². The first-order chi connectivity index (χ1) is 11.6. The van der Waals surface area contributed by atoms with E-state index in [4.69, 9.17) is 0 Å². The first-order valence-corrected chi connectivity index (χ1v) is 10.7. The number of halogens is 1. The summed E-state index contributed by atoms with van der Waals surface area (Å²) in [4.78, 5) is 24.2. The molecule has 1 N–H and O–H groups in total.